The molecule has 0 fully saturated rings. The van der Waals surface area contributed by atoms with E-state index < -0.39 is 9.52 Å². The Kier molecular flexibility index (Phi) is 6.54. The van der Waals surface area contributed by atoms with Gasteiger partial charge < -0.3 is 9.80 Å². The van der Waals surface area contributed by atoms with Crippen molar-refractivity contribution in [1.29, 1.82) is 0 Å². The van der Waals surface area contributed by atoms with Crippen molar-refractivity contribution in [3.63, 3.8) is 0 Å². The van der Waals surface area contributed by atoms with E-state index in [-0.39, 0.29) is 10.8 Å². The third-order valence-corrected chi connectivity index (χ3v) is 12.3. The van der Waals surface area contributed by atoms with E-state index >= 15 is 0 Å². The zero-order valence-electron chi connectivity index (χ0n) is 27.3. The molecule has 0 radical (unpaired) electrons. The van der Waals surface area contributed by atoms with Crippen LogP contribution in [-0.2, 0) is 20.4 Å². The van der Waals surface area contributed by atoms with Crippen LogP contribution in [0.2, 0.25) is 0 Å². The van der Waals surface area contributed by atoms with Gasteiger partial charge in [0, 0.05) is 41.5 Å². The minimum absolute atomic E-state index is 0.119. The maximum Gasteiger partial charge on any atom is 0.0502 e. The molecule has 47 heavy (non-hydrogen) atoms. The van der Waals surface area contributed by atoms with E-state index in [9.17, 15) is 4.21 Å². The van der Waals surface area contributed by atoms with Crippen LogP contribution in [0.1, 0.15) is 49.9 Å². The van der Waals surface area contributed by atoms with Gasteiger partial charge in [0.15, 0.2) is 0 Å². The molecule has 0 atom stereocenters. The largest absolute Gasteiger partial charge is 0.310 e. The minimum Gasteiger partial charge on any atom is -0.310 e. The van der Waals surface area contributed by atoms with Crippen LogP contribution in [-0.4, -0.2) is 10.1 Å². The molecule has 8 rings (SSSR count). The summed E-state index contributed by atoms with van der Waals surface area (Å²) in [5.41, 5.74) is 11.6. The summed E-state index contributed by atoms with van der Waals surface area (Å²) in [4.78, 5) is 6.05. The second-order valence-corrected chi connectivity index (χ2v) is 15.9. The van der Waals surface area contributed by atoms with Crippen LogP contribution in [0.15, 0.2) is 155 Å². The summed E-state index contributed by atoms with van der Waals surface area (Å²) in [5, 5.41) is 0. The average molecular weight is 631 g/mol. The van der Waals surface area contributed by atoms with Gasteiger partial charge in [0.1, 0.15) is 0 Å². The van der Waals surface area contributed by atoms with Gasteiger partial charge in [0.2, 0.25) is 0 Å². The monoisotopic (exact) mass is 630 g/mol. The van der Waals surface area contributed by atoms with Gasteiger partial charge in [-0.25, -0.2) is 0 Å². The molecule has 0 spiro atoms. The summed E-state index contributed by atoms with van der Waals surface area (Å²) in [5.74, 6) is 4.28. The van der Waals surface area contributed by atoms with E-state index in [1.807, 2.05) is 24.3 Å². The maximum absolute atomic E-state index is 14.4. The SMILES string of the molecule is C=S(=O)(c1ccc(N2c3ccccc3C(C)(C)c3ccccc32)cc1)c1ccc(N2c3ccccc3C(C)(C)c3ccccc32)cc1. The van der Waals surface area contributed by atoms with Gasteiger partial charge >= 0.3 is 0 Å². The second kappa shape index (κ2) is 10.5. The molecule has 2 aliphatic heterocycles. The molecular weight excluding hydrogens is 593 g/mol. The number of hydrogen-bond donors (Lipinski definition) is 0. The van der Waals surface area contributed by atoms with Gasteiger partial charge in [-0.15, -0.1) is 0 Å². The highest BCUT2D eigenvalue weighted by molar-refractivity contribution is 8.00. The van der Waals surface area contributed by atoms with Crippen molar-refractivity contribution in [3.05, 3.63) is 168 Å². The number of nitrogens with zero attached hydrogens (tertiary/aromatic N) is 2. The Balaban J connectivity index is 1.14. The van der Waals surface area contributed by atoms with E-state index in [0.717, 1.165) is 11.4 Å². The lowest BCUT2D eigenvalue weighted by molar-refractivity contribution is 0.631. The second-order valence-electron chi connectivity index (χ2n) is 13.7. The van der Waals surface area contributed by atoms with Crippen molar-refractivity contribution in [1.82, 2.24) is 0 Å². The first kappa shape index (κ1) is 29.3. The highest BCUT2D eigenvalue weighted by Gasteiger charge is 2.37. The maximum atomic E-state index is 14.4. The topological polar surface area (TPSA) is 23.6 Å². The quantitative estimate of drug-likeness (QED) is 0.181. The van der Waals surface area contributed by atoms with Crippen LogP contribution in [0.5, 0.6) is 0 Å². The van der Waals surface area contributed by atoms with Crippen molar-refractivity contribution >= 4 is 49.5 Å². The molecule has 2 aliphatic rings. The van der Waals surface area contributed by atoms with Gasteiger partial charge in [-0.2, -0.15) is 0 Å². The van der Waals surface area contributed by atoms with Crippen molar-refractivity contribution < 1.29 is 4.21 Å². The molecule has 0 amide bonds. The fraction of sp³-hybridized carbons (Fsp3) is 0.140. The molecule has 0 aliphatic carbocycles. The Morgan fingerprint density at radius 1 is 0.426 bits per heavy atom. The molecule has 6 aromatic rings. The smallest absolute Gasteiger partial charge is 0.0502 e. The summed E-state index contributed by atoms with van der Waals surface area (Å²) in [6, 6.07) is 50.7. The van der Waals surface area contributed by atoms with E-state index in [2.05, 4.69) is 165 Å². The third kappa shape index (κ3) is 4.39. The van der Waals surface area contributed by atoms with Crippen LogP contribution >= 0.6 is 0 Å². The number of anilines is 6. The van der Waals surface area contributed by atoms with Crippen LogP contribution in [0, 0.1) is 0 Å². The molecule has 0 bridgehead atoms. The Labute approximate surface area is 278 Å². The van der Waals surface area contributed by atoms with Crippen LogP contribution in [0.25, 0.3) is 0 Å². The van der Waals surface area contributed by atoms with Gasteiger partial charge in [-0.05, 0) is 101 Å². The summed E-state index contributed by atoms with van der Waals surface area (Å²) in [6.45, 7) is 9.16. The number of para-hydroxylation sites is 4. The Hall–Kier alpha value is -5.06. The third-order valence-electron chi connectivity index (χ3n) is 10.2. The van der Waals surface area contributed by atoms with Crippen LogP contribution in [0.4, 0.5) is 34.1 Å². The molecule has 3 nitrogen and oxygen atoms in total. The molecule has 0 aromatic heterocycles. The summed E-state index contributed by atoms with van der Waals surface area (Å²) in [7, 11) is -2.75. The van der Waals surface area contributed by atoms with Crippen molar-refractivity contribution in [2.24, 2.45) is 0 Å². The predicted octanol–water partition coefficient (Wildman–Crippen LogP) is 11.0. The van der Waals surface area contributed by atoms with E-state index in [4.69, 9.17) is 0 Å². The first-order chi connectivity index (χ1) is 22.6. The lowest BCUT2D eigenvalue weighted by Crippen LogP contribution is -2.30. The molecule has 0 N–H and O–H groups in total. The van der Waals surface area contributed by atoms with E-state index in [1.54, 1.807) is 0 Å². The molecular formula is C43H38N2OS. The zero-order chi connectivity index (χ0) is 32.6. The van der Waals surface area contributed by atoms with Crippen LogP contribution < -0.4 is 9.80 Å². The number of fused-ring (bicyclic) bond motifs is 4. The highest BCUT2D eigenvalue weighted by Crippen LogP contribution is 2.53. The summed E-state index contributed by atoms with van der Waals surface area (Å²) < 4.78 is 14.4. The van der Waals surface area contributed by atoms with Gasteiger partial charge in [-0.1, -0.05) is 100 Å². The van der Waals surface area contributed by atoms with Crippen molar-refractivity contribution in [3.8, 4) is 0 Å². The number of benzene rings is 6. The number of rotatable bonds is 4. The zero-order valence-corrected chi connectivity index (χ0v) is 28.1. The minimum atomic E-state index is -2.75. The van der Waals surface area contributed by atoms with Crippen molar-refractivity contribution in [2.75, 3.05) is 9.80 Å². The van der Waals surface area contributed by atoms with Crippen molar-refractivity contribution in [2.45, 2.75) is 48.3 Å². The lowest BCUT2D eigenvalue weighted by atomic mass is 9.73. The standard InChI is InChI=1S/C43H38N2OS/c1-42(2)34-14-6-10-18-38(34)44(39-19-11-7-15-35(39)42)30-22-26-32(27-23-30)47(5,46)33-28-24-31(25-29-33)45-40-20-12-8-16-36(40)43(3,4)37-17-9-13-21-41(37)45/h6-29H,5H2,1-4H3. The number of hydrogen-bond acceptors (Lipinski definition) is 3. The van der Waals surface area contributed by atoms with Gasteiger partial charge in [-0.3, -0.25) is 4.21 Å². The molecule has 232 valence electrons. The molecule has 4 heteroatoms. The van der Waals surface area contributed by atoms with E-state index in [0.29, 0.717) is 9.79 Å². The van der Waals surface area contributed by atoms with Gasteiger partial charge in [0.05, 0.1) is 22.7 Å². The normalized spacial score (nSPS) is 15.7. The lowest BCUT2D eigenvalue weighted by Gasteiger charge is -2.42. The predicted molar refractivity (Wildman–Crippen MR) is 198 cm³/mol. The van der Waals surface area contributed by atoms with Gasteiger partial charge in [0.25, 0.3) is 0 Å². The molecule has 0 saturated carbocycles. The Bertz CT molecular complexity index is 2010. The molecule has 0 unspecified atom stereocenters. The fourth-order valence-electron chi connectivity index (χ4n) is 7.66. The van der Waals surface area contributed by atoms with Crippen LogP contribution in [0.3, 0.4) is 0 Å². The Morgan fingerprint density at radius 2 is 0.681 bits per heavy atom. The highest BCUT2D eigenvalue weighted by atomic mass is 32.2. The van der Waals surface area contributed by atoms with E-state index in [1.165, 1.54) is 45.0 Å². The summed E-state index contributed by atoms with van der Waals surface area (Å²) >= 11 is 0. The molecule has 6 aromatic carbocycles. The molecule has 2 heterocycles. The average Bonchev–Trinajstić information content (AvgIpc) is 3.09. The fourth-order valence-corrected chi connectivity index (χ4v) is 9.08. The Morgan fingerprint density at radius 3 is 0.957 bits per heavy atom. The molecule has 0 saturated heterocycles. The first-order valence-corrected chi connectivity index (χ1v) is 17.9. The summed E-state index contributed by atoms with van der Waals surface area (Å²) in [6.07, 6.45) is 0. The first-order valence-electron chi connectivity index (χ1n) is 16.2.